The van der Waals surface area contributed by atoms with Crippen molar-refractivity contribution in [1.82, 2.24) is 15.0 Å². The Kier molecular flexibility index (Phi) is 3.27. The maximum atomic E-state index is 11.5. The monoisotopic (exact) mass is 283 g/mol. The topological polar surface area (TPSA) is 77.1 Å². The van der Waals surface area contributed by atoms with E-state index < -0.39 is 5.97 Å². The van der Waals surface area contributed by atoms with E-state index in [9.17, 15) is 4.79 Å². The van der Waals surface area contributed by atoms with Gasteiger partial charge in [0.05, 0.1) is 25.0 Å². The molecule has 106 valence electrons. The van der Waals surface area contributed by atoms with E-state index >= 15 is 0 Å². The van der Waals surface area contributed by atoms with E-state index in [1.54, 1.807) is 12.4 Å². The van der Waals surface area contributed by atoms with E-state index in [1.165, 1.54) is 7.11 Å². The Balaban J connectivity index is 2.00. The van der Waals surface area contributed by atoms with Crippen LogP contribution in [0.25, 0.3) is 11.0 Å². The summed E-state index contributed by atoms with van der Waals surface area (Å²) in [5, 5.41) is 0. The summed E-state index contributed by atoms with van der Waals surface area (Å²) >= 11 is 0. The number of aromatic amines is 1. The van der Waals surface area contributed by atoms with Crippen LogP contribution in [0.2, 0.25) is 0 Å². The molecular weight excluding hydrogens is 270 g/mol. The van der Waals surface area contributed by atoms with Crippen LogP contribution in [-0.4, -0.2) is 28.0 Å². The summed E-state index contributed by atoms with van der Waals surface area (Å²) < 4.78 is 10.4. The minimum atomic E-state index is -0.535. The van der Waals surface area contributed by atoms with E-state index in [1.807, 2.05) is 31.2 Å². The number of methoxy groups -OCH3 is 1. The summed E-state index contributed by atoms with van der Waals surface area (Å²) in [4.78, 5) is 22.6. The number of ether oxygens (including phenoxy) is 2. The normalized spacial score (nSPS) is 10.6. The number of hydrogen-bond acceptors (Lipinski definition) is 5. The number of pyridine rings is 1. The zero-order chi connectivity index (χ0) is 14.8. The first-order valence-corrected chi connectivity index (χ1v) is 6.34. The van der Waals surface area contributed by atoms with Gasteiger partial charge in [-0.3, -0.25) is 4.98 Å². The van der Waals surface area contributed by atoms with Gasteiger partial charge in [-0.25, -0.2) is 9.78 Å². The molecule has 2 aromatic heterocycles. The summed E-state index contributed by atoms with van der Waals surface area (Å²) in [6, 6.07) is 7.63. The molecule has 3 rings (SSSR count). The first-order chi connectivity index (χ1) is 10.2. The Morgan fingerprint density at radius 3 is 2.67 bits per heavy atom. The highest BCUT2D eigenvalue weighted by atomic mass is 16.5. The van der Waals surface area contributed by atoms with Gasteiger partial charge in [-0.15, -0.1) is 0 Å². The Labute approximate surface area is 120 Å². The number of hydrogen-bond donors (Lipinski definition) is 1. The number of nitrogens with one attached hydrogen (secondary N) is 1. The first-order valence-electron chi connectivity index (χ1n) is 6.34. The zero-order valence-corrected chi connectivity index (χ0v) is 11.6. The predicted octanol–water partition coefficient (Wildman–Crippen LogP) is 2.85. The minimum absolute atomic E-state index is 0.120. The number of fused-ring (bicyclic) bond motifs is 1. The molecule has 0 amide bonds. The summed E-state index contributed by atoms with van der Waals surface area (Å²) in [6.45, 7) is 2.00. The molecule has 0 radical (unpaired) electrons. The molecule has 0 fully saturated rings. The third-order valence-corrected chi connectivity index (χ3v) is 2.99. The van der Waals surface area contributed by atoms with Crippen LogP contribution >= 0.6 is 0 Å². The van der Waals surface area contributed by atoms with Crippen LogP contribution in [-0.2, 0) is 4.74 Å². The second-order valence-electron chi connectivity index (χ2n) is 4.53. The van der Waals surface area contributed by atoms with Crippen molar-refractivity contribution in [3.8, 4) is 11.5 Å². The molecule has 0 atom stereocenters. The highest BCUT2D eigenvalue weighted by Gasteiger charge is 2.15. The van der Waals surface area contributed by atoms with E-state index in [-0.39, 0.29) is 5.82 Å². The number of rotatable bonds is 3. The number of aryl methyl sites for hydroxylation is 1. The Morgan fingerprint density at radius 1 is 1.19 bits per heavy atom. The maximum Gasteiger partial charge on any atom is 0.374 e. The van der Waals surface area contributed by atoms with Gasteiger partial charge < -0.3 is 14.5 Å². The smallest absolute Gasteiger partial charge is 0.374 e. The Bertz CT molecular complexity index is 794. The fourth-order valence-electron chi connectivity index (χ4n) is 1.91. The number of nitrogens with zero attached hydrogens (tertiary/aromatic N) is 2. The largest absolute Gasteiger partial charge is 0.463 e. The molecule has 0 spiro atoms. The predicted molar refractivity (Wildman–Crippen MR) is 76.5 cm³/mol. The van der Waals surface area contributed by atoms with Crippen LogP contribution < -0.4 is 4.74 Å². The van der Waals surface area contributed by atoms with Gasteiger partial charge in [0.2, 0.25) is 5.82 Å². The van der Waals surface area contributed by atoms with Crippen LogP contribution in [0.3, 0.4) is 0 Å². The first kappa shape index (κ1) is 13.1. The van der Waals surface area contributed by atoms with Gasteiger partial charge in [-0.2, -0.15) is 0 Å². The lowest BCUT2D eigenvalue weighted by atomic mass is 10.2. The summed E-state index contributed by atoms with van der Waals surface area (Å²) in [7, 11) is 1.30. The van der Waals surface area contributed by atoms with Crippen LogP contribution in [0.15, 0.2) is 36.7 Å². The van der Waals surface area contributed by atoms with Gasteiger partial charge in [0.1, 0.15) is 11.3 Å². The number of esters is 1. The minimum Gasteiger partial charge on any atom is -0.463 e. The van der Waals surface area contributed by atoms with Gasteiger partial charge in [0.25, 0.3) is 0 Å². The molecule has 3 aromatic rings. The van der Waals surface area contributed by atoms with Crippen molar-refractivity contribution in [1.29, 1.82) is 0 Å². The van der Waals surface area contributed by atoms with Crippen LogP contribution in [0.4, 0.5) is 0 Å². The maximum absolute atomic E-state index is 11.5. The molecule has 0 saturated heterocycles. The van der Waals surface area contributed by atoms with Gasteiger partial charge in [-0.05, 0) is 19.1 Å². The van der Waals surface area contributed by atoms with Crippen LogP contribution in [0, 0.1) is 6.92 Å². The van der Waals surface area contributed by atoms with Crippen molar-refractivity contribution in [2.45, 2.75) is 6.92 Å². The average molecular weight is 283 g/mol. The lowest BCUT2D eigenvalue weighted by molar-refractivity contribution is 0.0588. The third-order valence-electron chi connectivity index (χ3n) is 2.99. The van der Waals surface area contributed by atoms with Crippen molar-refractivity contribution in [3.63, 3.8) is 0 Å². The summed E-state index contributed by atoms with van der Waals surface area (Å²) in [5.41, 5.74) is 2.29. The molecule has 21 heavy (non-hydrogen) atoms. The van der Waals surface area contributed by atoms with Crippen LogP contribution in [0.1, 0.15) is 16.2 Å². The molecule has 0 aliphatic carbocycles. The van der Waals surface area contributed by atoms with Gasteiger partial charge in [0, 0.05) is 0 Å². The van der Waals surface area contributed by atoms with Crippen molar-refractivity contribution >= 4 is 17.0 Å². The van der Waals surface area contributed by atoms with Gasteiger partial charge >= 0.3 is 5.97 Å². The van der Waals surface area contributed by atoms with E-state index in [0.717, 1.165) is 5.56 Å². The molecule has 6 heteroatoms. The SMILES string of the molecule is COC(=O)c1nc2c(Oc3ccc(C)cc3)cncc2[nH]1. The van der Waals surface area contributed by atoms with Crippen LogP contribution in [0.5, 0.6) is 11.5 Å². The second kappa shape index (κ2) is 5.24. The molecule has 0 saturated carbocycles. The number of carbonyl (C=O) groups excluding carboxylic acids is 1. The van der Waals surface area contributed by atoms with Crippen molar-refractivity contribution in [2.75, 3.05) is 7.11 Å². The standard InChI is InChI=1S/C15H13N3O3/c1-9-3-5-10(6-4-9)21-12-8-16-7-11-13(12)18-14(17-11)15(19)20-2/h3-8H,1-2H3,(H,17,18). The molecule has 0 aliphatic heterocycles. The zero-order valence-electron chi connectivity index (χ0n) is 11.6. The molecule has 0 bridgehead atoms. The number of H-pyrrole nitrogens is 1. The number of carbonyl (C=O) groups is 1. The number of aromatic nitrogens is 3. The Morgan fingerprint density at radius 2 is 1.95 bits per heavy atom. The van der Waals surface area contributed by atoms with Crippen molar-refractivity contribution < 1.29 is 14.3 Å². The number of benzene rings is 1. The van der Waals surface area contributed by atoms with E-state index in [2.05, 4.69) is 19.7 Å². The Hall–Kier alpha value is -2.89. The number of imidazole rings is 1. The van der Waals surface area contributed by atoms with Crippen molar-refractivity contribution in [3.05, 3.63) is 48.0 Å². The van der Waals surface area contributed by atoms with E-state index in [4.69, 9.17) is 4.74 Å². The second-order valence-corrected chi connectivity index (χ2v) is 4.53. The van der Waals surface area contributed by atoms with Crippen molar-refractivity contribution in [2.24, 2.45) is 0 Å². The molecule has 0 aliphatic rings. The quantitative estimate of drug-likeness (QED) is 0.748. The fourth-order valence-corrected chi connectivity index (χ4v) is 1.91. The molecular formula is C15H13N3O3. The molecule has 1 N–H and O–H groups in total. The molecule has 1 aromatic carbocycles. The molecule has 0 unspecified atom stereocenters. The summed E-state index contributed by atoms with van der Waals surface area (Å²) in [6.07, 6.45) is 3.14. The fraction of sp³-hybridized carbons (Fsp3) is 0.133. The highest BCUT2D eigenvalue weighted by Crippen LogP contribution is 2.27. The van der Waals surface area contributed by atoms with Gasteiger partial charge in [-0.1, -0.05) is 17.7 Å². The third kappa shape index (κ3) is 2.55. The van der Waals surface area contributed by atoms with E-state index in [0.29, 0.717) is 22.5 Å². The molecule has 2 heterocycles. The lowest BCUT2D eigenvalue weighted by Gasteiger charge is -2.05. The molecule has 6 nitrogen and oxygen atoms in total. The average Bonchev–Trinajstić information content (AvgIpc) is 2.94. The summed E-state index contributed by atoms with van der Waals surface area (Å²) in [5.74, 6) is 0.738. The highest BCUT2D eigenvalue weighted by molar-refractivity contribution is 5.91. The van der Waals surface area contributed by atoms with Gasteiger partial charge in [0.15, 0.2) is 5.75 Å². The lowest BCUT2D eigenvalue weighted by Crippen LogP contribution is -2.02.